The first-order chi connectivity index (χ1) is 7.70. The second-order valence-electron chi connectivity index (χ2n) is 3.07. The fourth-order valence-corrected chi connectivity index (χ4v) is 0.716. The molecule has 0 bridgehead atoms. The molecule has 0 aromatic rings. The van der Waals surface area contributed by atoms with Gasteiger partial charge < -0.3 is 9.47 Å². The molecule has 0 amide bonds. The van der Waals surface area contributed by atoms with Crippen molar-refractivity contribution in [3.05, 3.63) is 0 Å². The van der Waals surface area contributed by atoms with E-state index in [1.54, 1.807) is 0 Å². The molecular weight excluding hydrogens is 216 g/mol. The SMILES string of the molecule is CCCCOC(=O)OOC(=O)OCCCC. The topological polar surface area (TPSA) is 71.1 Å². The van der Waals surface area contributed by atoms with Gasteiger partial charge in [0.25, 0.3) is 0 Å². The summed E-state index contributed by atoms with van der Waals surface area (Å²) in [5.41, 5.74) is 0. The molecule has 0 atom stereocenters. The van der Waals surface area contributed by atoms with Crippen molar-refractivity contribution in [1.29, 1.82) is 0 Å². The third-order valence-corrected chi connectivity index (χ3v) is 1.61. The molecular formula is C10H18O6. The van der Waals surface area contributed by atoms with Crippen LogP contribution in [-0.4, -0.2) is 25.5 Å². The van der Waals surface area contributed by atoms with Gasteiger partial charge in [0.1, 0.15) is 0 Å². The number of ether oxygens (including phenoxy) is 2. The maximum Gasteiger partial charge on any atom is 0.549 e. The molecule has 0 N–H and O–H groups in total. The van der Waals surface area contributed by atoms with E-state index < -0.39 is 12.3 Å². The van der Waals surface area contributed by atoms with Crippen molar-refractivity contribution >= 4 is 12.3 Å². The smallest absolute Gasteiger partial charge is 0.432 e. The summed E-state index contributed by atoms with van der Waals surface area (Å²) in [5, 5.41) is 0. The molecule has 0 saturated carbocycles. The first-order valence-electron chi connectivity index (χ1n) is 5.38. The van der Waals surface area contributed by atoms with Gasteiger partial charge >= 0.3 is 12.3 Å². The van der Waals surface area contributed by atoms with E-state index in [0.717, 1.165) is 25.7 Å². The van der Waals surface area contributed by atoms with Crippen molar-refractivity contribution in [3.8, 4) is 0 Å². The van der Waals surface area contributed by atoms with Crippen molar-refractivity contribution in [2.24, 2.45) is 0 Å². The van der Waals surface area contributed by atoms with E-state index in [1.165, 1.54) is 0 Å². The van der Waals surface area contributed by atoms with E-state index in [9.17, 15) is 9.59 Å². The quantitative estimate of drug-likeness (QED) is 0.304. The Bertz CT molecular complexity index is 181. The predicted octanol–water partition coefficient (Wildman–Crippen LogP) is 2.81. The first-order valence-corrected chi connectivity index (χ1v) is 5.38. The van der Waals surface area contributed by atoms with Crippen LogP contribution in [-0.2, 0) is 19.2 Å². The van der Waals surface area contributed by atoms with Crippen molar-refractivity contribution in [2.75, 3.05) is 13.2 Å². The van der Waals surface area contributed by atoms with Crippen molar-refractivity contribution in [1.82, 2.24) is 0 Å². The minimum Gasteiger partial charge on any atom is -0.432 e. The van der Waals surface area contributed by atoms with Crippen LogP contribution >= 0.6 is 0 Å². The highest BCUT2D eigenvalue weighted by Gasteiger charge is 2.11. The number of carbonyl (C=O) groups is 2. The summed E-state index contributed by atoms with van der Waals surface area (Å²) in [6.07, 6.45) is 1.17. The summed E-state index contributed by atoms with van der Waals surface area (Å²) in [6.45, 7) is 4.39. The van der Waals surface area contributed by atoms with Crippen molar-refractivity contribution in [2.45, 2.75) is 39.5 Å². The van der Waals surface area contributed by atoms with E-state index in [0.29, 0.717) is 0 Å². The third kappa shape index (κ3) is 9.11. The van der Waals surface area contributed by atoms with Gasteiger partial charge in [0.05, 0.1) is 13.2 Å². The average molecular weight is 234 g/mol. The Hall–Kier alpha value is -1.46. The highest BCUT2D eigenvalue weighted by molar-refractivity contribution is 5.63. The van der Waals surface area contributed by atoms with Crippen LogP contribution in [0.2, 0.25) is 0 Å². The number of carbonyl (C=O) groups excluding carboxylic acids is 2. The summed E-state index contributed by atoms with van der Waals surface area (Å²) in [6, 6.07) is 0. The molecule has 0 spiro atoms. The molecule has 0 heterocycles. The zero-order valence-electron chi connectivity index (χ0n) is 9.69. The maximum atomic E-state index is 10.8. The standard InChI is InChI=1S/C10H18O6/c1-3-5-7-13-9(11)15-16-10(12)14-8-6-4-2/h3-8H2,1-2H3. The van der Waals surface area contributed by atoms with Gasteiger partial charge in [-0.25, -0.2) is 0 Å². The van der Waals surface area contributed by atoms with E-state index >= 15 is 0 Å². The summed E-state index contributed by atoms with van der Waals surface area (Å²) in [4.78, 5) is 29.6. The number of rotatable bonds is 6. The average Bonchev–Trinajstić information content (AvgIpc) is 2.27. The minimum absolute atomic E-state index is 0.240. The molecule has 0 radical (unpaired) electrons. The number of unbranched alkanes of at least 4 members (excludes halogenated alkanes) is 2. The molecule has 6 heteroatoms. The normalized spacial score (nSPS) is 9.38. The Balaban J connectivity index is 3.40. The highest BCUT2D eigenvalue weighted by atomic mass is 17.3. The number of hydrogen-bond donors (Lipinski definition) is 0. The fourth-order valence-electron chi connectivity index (χ4n) is 0.716. The van der Waals surface area contributed by atoms with Gasteiger partial charge in [-0.3, -0.25) is 0 Å². The molecule has 0 saturated heterocycles. The first kappa shape index (κ1) is 14.5. The lowest BCUT2D eigenvalue weighted by atomic mass is 10.4. The monoisotopic (exact) mass is 234 g/mol. The highest BCUT2D eigenvalue weighted by Crippen LogP contribution is 1.95. The zero-order chi connectivity index (χ0) is 12.2. The van der Waals surface area contributed by atoms with Crippen LogP contribution in [0.25, 0.3) is 0 Å². The van der Waals surface area contributed by atoms with Gasteiger partial charge in [-0.2, -0.15) is 19.4 Å². The molecule has 0 aliphatic rings. The van der Waals surface area contributed by atoms with Crippen LogP contribution in [0.1, 0.15) is 39.5 Å². The lowest BCUT2D eigenvalue weighted by molar-refractivity contribution is -0.217. The van der Waals surface area contributed by atoms with Crippen LogP contribution in [0.4, 0.5) is 9.59 Å². The third-order valence-electron chi connectivity index (χ3n) is 1.61. The van der Waals surface area contributed by atoms with Gasteiger partial charge in [0.15, 0.2) is 0 Å². The van der Waals surface area contributed by atoms with E-state index in [2.05, 4.69) is 19.2 Å². The predicted molar refractivity (Wildman–Crippen MR) is 54.7 cm³/mol. The number of hydrogen-bond acceptors (Lipinski definition) is 6. The van der Waals surface area contributed by atoms with Crippen LogP contribution in [0.15, 0.2) is 0 Å². The Kier molecular flexibility index (Phi) is 9.15. The van der Waals surface area contributed by atoms with Gasteiger partial charge in [-0.05, 0) is 12.8 Å². The molecule has 16 heavy (non-hydrogen) atoms. The van der Waals surface area contributed by atoms with Gasteiger partial charge in [-0.15, -0.1) is 0 Å². The summed E-state index contributed by atoms with van der Waals surface area (Å²) in [5.74, 6) is 0. The van der Waals surface area contributed by atoms with E-state index in [-0.39, 0.29) is 13.2 Å². The van der Waals surface area contributed by atoms with Gasteiger partial charge in [-0.1, -0.05) is 26.7 Å². The summed E-state index contributed by atoms with van der Waals surface area (Å²) >= 11 is 0. The molecule has 0 aromatic heterocycles. The van der Waals surface area contributed by atoms with Crippen molar-refractivity contribution < 1.29 is 28.8 Å². The van der Waals surface area contributed by atoms with E-state index in [1.807, 2.05) is 13.8 Å². The summed E-state index contributed by atoms with van der Waals surface area (Å²) < 4.78 is 9.13. The lowest BCUT2D eigenvalue weighted by Crippen LogP contribution is -2.14. The van der Waals surface area contributed by atoms with Crippen LogP contribution in [0.3, 0.4) is 0 Å². The second-order valence-corrected chi connectivity index (χ2v) is 3.07. The van der Waals surface area contributed by atoms with Crippen LogP contribution in [0.5, 0.6) is 0 Å². The Labute approximate surface area is 94.7 Å². The van der Waals surface area contributed by atoms with Crippen LogP contribution < -0.4 is 0 Å². The Morgan fingerprint density at radius 1 is 0.812 bits per heavy atom. The van der Waals surface area contributed by atoms with Crippen LogP contribution in [0, 0.1) is 0 Å². The maximum absolute atomic E-state index is 10.8. The zero-order valence-corrected chi connectivity index (χ0v) is 9.69. The Morgan fingerprint density at radius 3 is 1.50 bits per heavy atom. The molecule has 0 aliphatic heterocycles. The fraction of sp³-hybridized carbons (Fsp3) is 0.800. The minimum atomic E-state index is -1.04. The van der Waals surface area contributed by atoms with E-state index in [4.69, 9.17) is 0 Å². The van der Waals surface area contributed by atoms with Gasteiger partial charge in [0, 0.05) is 0 Å². The Morgan fingerprint density at radius 2 is 1.19 bits per heavy atom. The molecule has 0 aliphatic carbocycles. The molecule has 0 rings (SSSR count). The molecule has 0 fully saturated rings. The lowest BCUT2D eigenvalue weighted by Gasteiger charge is -2.04. The molecule has 0 unspecified atom stereocenters. The molecule has 0 aromatic carbocycles. The van der Waals surface area contributed by atoms with Gasteiger partial charge in [0.2, 0.25) is 0 Å². The second kappa shape index (κ2) is 10.1. The molecule has 94 valence electrons. The molecule has 6 nitrogen and oxygen atoms in total. The summed E-state index contributed by atoms with van der Waals surface area (Å²) in [7, 11) is 0. The largest absolute Gasteiger partial charge is 0.549 e. The van der Waals surface area contributed by atoms with Crippen molar-refractivity contribution in [3.63, 3.8) is 0 Å².